The summed E-state index contributed by atoms with van der Waals surface area (Å²) in [5.74, 6) is -3.09. The maximum absolute atomic E-state index is 13.1. The van der Waals surface area contributed by atoms with Crippen molar-refractivity contribution in [1.82, 2.24) is 0 Å². The van der Waals surface area contributed by atoms with Crippen LogP contribution < -0.4 is 9.64 Å². The summed E-state index contributed by atoms with van der Waals surface area (Å²) in [6, 6.07) is 21.2. The Hall–Kier alpha value is -4.79. The normalized spacial score (nSPS) is 12.2. The molecule has 0 saturated carbocycles. The van der Waals surface area contributed by atoms with Crippen molar-refractivity contribution in [2.45, 2.75) is 6.92 Å². The van der Waals surface area contributed by atoms with E-state index in [2.05, 4.69) is 0 Å². The first-order chi connectivity index (χ1) is 19.6. The van der Waals surface area contributed by atoms with Gasteiger partial charge in [0.25, 0.3) is 11.8 Å². The molecule has 0 N–H and O–H groups in total. The van der Waals surface area contributed by atoms with Crippen LogP contribution in [0.5, 0.6) is 5.75 Å². The first-order valence-electron chi connectivity index (χ1n) is 12.2. The standard InChI is InChI=1S/C31H19Cl2NO7/c1-17-6-8-19(9-7-17)30(38)41-20-12-10-18(11-13-20)27(35)16-40-31(39)21-4-2-3-5-26(21)34-28(36)22-14-24(32)25(33)15-23(22)29(34)37/h2-15H,16H2,1H3. The van der Waals surface area contributed by atoms with Gasteiger partial charge in [0.2, 0.25) is 0 Å². The molecule has 0 aromatic heterocycles. The summed E-state index contributed by atoms with van der Waals surface area (Å²) >= 11 is 12.0. The van der Waals surface area contributed by atoms with Crippen LogP contribution in [0.25, 0.3) is 0 Å². The number of carbonyl (C=O) groups is 5. The summed E-state index contributed by atoms with van der Waals surface area (Å²) in [5, 5.41) is 0.217. The summed E-state index contributed by atoms with van der Waals surface area (Å²) in [6.07, 6.45) is 0. The third kappa shape index (κ3) is 5.61. The van der Waals surface area contributed by atoms with E-state index in [-0.39, 0.29) is 43.7 Å². The van der Waals surface area contributed by atoms with Crippen LogP contribution in [0, 0.1) is 6.92 Å². The van der Waals surface area contributed by atoms with Gasteiger partial charge in [-0.2, -0.15) is 0 Å². The highest BCUT2D eigenvalue weighted by molar-refractivity contribution is 6.44. The molecule has 10 heteroatoms. The number of imide groups is 1. The summed E-state index contributed by atoms with van der Waals surface area (Å²) in [7, 11) is 0. The van der Waals surface area contributed by atoms with Crippen molar-refractivity contribution in [3.8, 4) is 5.75 Å². The molecule has 0 fully saturated rings. The van der Waals surface area contributed by atoms with Gasteiger partial charge in [0.1, 0.15) is 5.75 Å². The first-order valence-corrected chi connectivity index (χ1v) is 13.0. The molecule has 4 aromatic rings. The van der Waals surface area contributed by atoms with Crippen LogP contribution in [0.1, 0.15) is 57.4 Å². The molecule has 41 heavy (non-hydrogen) atoms. The number of aryl methyl sites for hydroxylation is 1. The predicted octanol–water partition coefficient (Wildman–Crippen LogP) is 6.36. The van der Waals surface area contributed by atoms with Crippen LogP contribution >= 0.6 is 23.2 Å². The smallest absolute Gasteiger partial charge is 0.343 e. The van der Waals surface area contributed by atoms with Crippen LogP contribution in [0.3, 0.4) is 0 Å². The molecular weight excluding hydrogens is 569 g/mol. The third-order valence-corrected chi connectivity index (χ3v) is 7.02. The highest BCUT2D eigenvalue weighted by Gasteiger charge is 2.39. The maximum atomic E-state index is 13.1. The number of ether oxygens (including phenoxy) is 2. The number of para-hydroxylation sites is 1. The molecular formula is C31H19Cl2NO7. The molecule has 2 amide bonds. The van der Waals surface area contributed by atoms with Crippen molar-refractivity contribution in [1.29, 1.82) is 0 Å². The van der Waals surface area contributed by atoms with E-state index < -0.39 is 36.1 Å². The summed E-state index contributed by atoms with van der Waals surface area (Å²) in [5.41, 5.74) is 1.61. The van der Waals surface area contributed by atoms with Gasteiger partial charge in [0, 0.05) is 5.56 Å². The van der Waals surface area contributed by atoms with Crippen molar-refractivity contribution in [3.05, 3.63) is 128 Å². The number of hydrogen-bond acceptors (Lipinski definition) is 7. The number of hydrogen-bond donors (Lipinski definition) is 0. The van der Waals surface area contributed by atoms with Crippen LogP contribution in [-0.2, 0) is 4.74 Å². The molecule has 0 radical (unpaired) electrons. The van der Waals surface area contributed by atoms with Gasteiger partial charge in [0.05, 0.1) is 38.0 Å². The molecule has 0 unspecified atom stereocenters. The fourth-order valence-corrected chi connectivity index (χ4v) is 4.48. The second-order valence-electron chi connectivity index (χ2n) is 9.05. The molecule has 5 rings (SSSR count). The lowest BCUT2D eigenvalue weighted by Crippen LogP contribution is -2.31. The average Bonchev–Trinajstić information content (AvgIpc) is 3.20. The second kappa shape index (κ2) is 11.4. The van der Waals surface area contributed by atoms with E-state index in [0.29, 0.717) is 5.56 Å². The van der Waals surface area contributed by atoms with Gasteiger partial charge in [-0.15, -0.1) is 0 Å². The average molecular weight is 588 g/mol. The number of halogens is 2. The van der Waals surface area contributed by atoms with Gasteiger partial charge in [-0.3, -0.25) is 14.4 Å². The van der Waals surface area contributed by atoms with Crippen molar-refractivity contribution in [2.75, 3.05) is 11.5 Å². The summed E-state index contributed by atoms with van der Waals surface area (Å²) < 4.78 is 10.6. The summed E-state index contributed by atoms with van der Waals surface area (Å²) in [4.78, 5) is 64.9. The van der Waals surface area contributed by atoms with Crippen LogP contribution in [-0.4, -0.2) is 36.1 Å². The van der Waals surface area contributed by atoms with Gasteiger partial charge in [0.15, 0.2) is 12.4 Å². The molecule has 1 aliphatic rings. The highest BCUT2D eigenvalue weighted by Crippen LogP contribution is 2.35. The topological polar surface area (TPSA) is 107 Å². The number of fused-ring (bicyclic) bond motifs is 1. The van der Waals surface area contributed by atoms with Crippen LogP contribution in [0.2, 0.25) is 10.0 Å². The van der Waals surface area contributed by atoms with Gasteiger partial charge in [-0.25, -0.2) is 14.5 Å². The fourth-order valence-electron chi connectivity index (χ4n) is 4.15. The van der Waals surface area contributed by atoms with E-state index >= 15 is 0 Å². The molecule has 4 aromatic carbocycles. The zero-order valence-corrected chi connectivity index (χ0v) is 22.9. The molecule has 1 aliphatic heterocycles. The zero-order valence-electron chi connectivity index (χ0n) is 21.4. The Morgan fingerprint density at radius 2 is 1.29 bits per heavy atom. The van der Waals surface area contributed by atoms with Crippen molar-refractivity contribution >= 4 is 58.4 Å². The Kier molecular flexibility index (Phi) is 7.70. The van der Waals surface area contributed by atoms with E-state index in [4.69, 9.17) is 32.7 Å². The summed E-state index contributed by atoms with van der Waals surface area (Å²) in [6.45, 7) is 1.30. The number of nitrogens with zero attached hydrogens (tertiary/aromatic N) is 1. The van der Waals surface area contributed by atoms with E-state index in [0.717, 1.165) is 10.5 Å². The minimum atomic E-state index is -0.912. The SMILES string of the molecule is Cc1ccc(C(=O)Oc2ccc(C(=O)COC(=O)c3ccccc3N3C(=O)c4cc(Cl)c(Cl)cc4C3=O)cc2)cc1. The fraction of sp³-hybridized carbons (Fsp3) is 0.0645. The number of amides is 2. The van der Waals surface area contributed by atoms with Crippen LogP contribution in [0.15, 0.2) is 84.9 Å². The van der Waals surface area contributed by atoms with Crippen LogP contribution in [0.4, 0.5) is 5.69 Å². The number of ketones is 1. The lowest BCUT2D eigenvalue weighted by atomic mass is 10.1. The van der Waals surface area contributed by atoms with E-state index in [1.54, 1.807) is 30.3 Å². The Labute approximate surface area is 244 Å². The van der Waals surface area contributed by atoms with E-state index in [1.165, 1.54) is 54.6 Å². The van der Waals surface area contributed by atoms with Crippen molar-refractivity contribution in [2.24, 2.45) is 0 Å². The number of benzene rings is 4. The van der Waals surface area contributed by atoms with Gasteiger partial charge < -0.3 is 9.47 Å². The quantitative estimate of drug-likeness (QED) is 0.107. The maximum Gasteiger partial charge on any atom is 0.343 e. The molecule has 0 bridgehead atoms. The van der Waals surface area contributed by atoms with Crippen molar-refractivity contribution in [3.63, 3.8) is 0 Å². The van der Waals surface area contributed by atoms with E-state index in [1.807, 2.05) is 6.92 Å². The Morgan fingerprint density at radius 1 is 0.732 bits per heavy atom. The highest BCUT2D eigenvalue weighted by atomic mass is 35.5. The molecule has 8 nitrogen and oxygen atoms in total. The number of anilines is 1. The number of Topliss-reactive ketones (excluding diaryl/α,β-unsaturated/α-hetero) is 1. The molecule has 0 spiro atoms. The number of esters is 2. The lowest BCUT2D eigenvalue weighted by molar-refractivity contribution is 0.0475. The monoisotopic (exact) mass is 587 g/mol. The molecule has 1 heterocycles. The van der Waals surface area contributed by atoms with E-state index in [9.17, 15) is 24.0 Å². The predicted molar refractivity (Wildman–Crippen MR) is 151 cm³/mol. The molecule has 0 saturated heterocycles. The van der Waals surface area contributed by atoms with Gasteiger partial charge in [-0.1, -0.05) is 53.0 Å². The molecule has 0 atom stereocenters. The molecule has 0 aliphatic carbocycles. The Bertz CT molecular complexity index is 1690. The lowest BCUT2D eigenvalue weighted by Gasteiger charge is -2.17. The van der Waals surface area contributed by atoms with Gasteiger partial charge in [-0.05, 0) is 67.6 Å². The molecule has 204 valence electrons. The third-order valence-electron chi connectivity index (χ3n) is 6.30. The Balaban J connectivity index is 1.25. The zero-order chi connectivity index (χ0) is 29.3. The minimum Gasteiger partial charge on any atom is -0.454 e. The minimum absolute atomic E-state index is 0.0110. The number of carbonyl (C=O) groups excluding carboxylic acids is 5. The Morgan fingerprint density at radius 3 is 1.90 bits per heavy atom. The number of rotatable bonds is 7. The van der Waals surface area contributed by atoms with Gasteiger partial charge >= 0.3 is 11.9 Å². The van der Waals surface area contributed by atoms with Crippen molar-refractivity contribution < 1.29 is 33.4 Å². The first kappa shape index (κ1) is 27.8. The second-order valence-corrected chi connectivity index (χ2v) is 9.87. The largest absolute Gasteiger partial charge is 0.454 e.